The molecule has 2 aliphatic carbocycles. The van der Waals surface area contributed by atoms with Crippen LogP contribution in [0.3, 0.4) is 0 Å². The fourth-order valence-corrected chi connectivity index (χ4v) is 4.81. The van der Waals surface area contributed by atoms with Crippen LogP contribution in [-0.2, 0) is 6.54 Å². The van der Waals surface area contributed by atoms with Crippen LogP contribution in [0.5, 0.6) is 0 Å². The van der Waals surface area contributed by atoms with Crippen LogP contribution in [-0.4, -0.2) is 6.04 Å². The highest BCUT2D eigenvalue weighted by Gasteiger charge is 2.60. The zero-order valence-electron chi connectivity index (χ0n) is 11.1. The van der Waals surface area contributed by atoms with E-state index in [1.807, 2.05) is 11.3 Å². The van der Waals surface area contributed by atoms with E-state index in [2.05, 4.69) is 43.6 Å². The molecule has 0 radical (unpaired) electrons. The molecule has 1 aromatic heterocycles. The van der Waals surface area contributed by atoms with Gasteiger partial charge in [0, 0.05) is 17.5 Å². The summed E-state index contributed by atoms with van der Waals surface area (Å²) in [6.45, 7) is 8.53. The van der Waals surface area contributed by atoms with Gasteiger partial charge in [-0.3, -0.25) is 0 Å². The normalized spacial score (nSPS) is 38.8. The molecular formula is C15H23NS. The number of nitrogens with one attached hydrogen (secondary N) is 1. The number of hydrogen-bond acceptors (Lipinski definition) is 2. The smallest absolute Gasteiger partial charge is 0.0302 e. The molecule has 0 aromatic carbocycles. The highest BCUT2D eigenvalue weighted by atomic mass is 32.1. The zero-order valence-corrected chi connectivity index (χ0v) is 11.9. The molecule has 1 aromatic rings. The molecule has 1 nitrogen and oxygen atoms in total. The number of fused-ring (bicyclic) bond motifs is 2. The average molecular weight is 249 g/mol. The van der Waals surface area contributed by atoms with E-state index in [0.717, 1.165) is 18.5 Å². The molecule has 0 amide bonds. The first kappa shape index (κ1) is 11.7. The van der Waals surface area contributed by atoms with E-state index in [-0.39, 0.29) is 0 Å². The topological polar surface area (TPSA) is 12.0 Å². The molecule has 3 atom stereocenters. The predicted octanol–water partition coefficient (Wildman–Crippen LogP) is 4.05. The van der Waals surface area contributed by atoms with Gasteiger partial charge in [-0.05, 0) is 47.5 Å². The van der Waals surface area contributed by atoms with E-state index < -0.39 is 0 Å². The minimum Gasteiger partial charge on any atom is -0.309 e. The van der Waals surface area contributed by atoms with Crippen molar-refractivity contribution in [2.24, 2.45) is 16.7 Å². The van der Waals surface area contributed by atoms with Gasteiger partial charge in [-0.25, -0.2) is 0 Å². The van der Waals surface area contributed by atoms with Crippen molar-refractivity contribution < 1.29 is 0 Å². The number of rotatable bonds is 3. The summed E-state index contributed by atoms with van der Waals surface area (Å²) in [5.41, 5.74) is 1.04. The first-order valence-electron chi connectivity index (χ1n) is 6.80. The second-order valence-corrected chi connectivity index (χ2v) is 7.66. The van der Waals surface area contributed by atoms with Gasteiger partial charge in [0.25, 0.3) is 0 Å². The molecule has 2 fully saturated rings. The van der Waals surface area contributed by atoms with E-state index in [9.17, 15) is 0 Å². The Labute approximate surface area is 109 Å². The van der Waals surface area contributed by atoms with Crippen LogP contribution in [0.2, 0.25) is 0 Å². The fourth-order valence-electron chi connectivity index (χ4n) is 4.15. The second kappa shape index (κ2) is 3.83. The standard InChI is InChI=1S/C15H23NS/c1-14(2)11-6-7-15(14,3)13(9-11)16-10-12-5-4-8-17-12/h4-5,8,11,13,16H,6-7,9-10H2,1-3H3. The van der Waals surface area contributed by atoms with Crippen molar-refractivity contribution in [3.8, 4) is 0 Å². The maximum Gasteiger partial charge on any atom is 0.0302 e. The molecule has 2 aliphatic rings. The molecule has 1 heterocycles. The third-order valence-electron chi connectivity index (χ3n) is 5.90. The molecule has 0 spiro atoms. The van der Waals surface area contributed by atoms with Gasteiger partial charge in [-0.2, -0.15) is 0 Å². The van der Waals surface area contributed by atoms with E-state index in [0.29, 0.717) is 10.8 Å². The largest absolute Gasteiger partial charge is 0.309 e. The second-order valence-electron chi connectivity index (χ2n) is 6.62. The summed E-state index contributed by atoms with van der Waals surface area (Å²) in [7, 11) is 0. The summed E-state index contributed by atoms with van der Waals surface area (Å²) in [6, 6.07) is 5.10. The Kier molecular flexibility index (Phi) is 2.64. The van der Waals surface area contributed by atoms with E-state index in [4.69, 9.17) is 0 Å². The lowest BCUT2D eigenvalue weighted by Crippen LogP contribution is -2.44. The van der Waals surface area contributed by atoms with Gasteiger partial charge in [-0.15, -0.1) is 11.3 Å². The number of hydrogen-bond donors (Lipinski definition) is 1. The first-order valence-corrected chi connectivity index (χ1v) is 7.68. The molecule has 2 saturated carbocycles. The van der Waals surface area contributed by atoms with E-state index >= 15 is 0 Å². The van der Waals surface area contributed by atoms with Gasteiger partial charge < -0.3 is 5.32 Å². The highest BCUT2D eigenvalue weighted by molar-refractivity contribution is 7.09. The van der Waals surface area contributed by atoms with Crippen molar-refractivity contribution in [2.45, 2.75) is 52.6 Å². The van der Waals surface area contributed by atoms with Crippen LogP contribution in [0.25, 0.3) is 0 Å². The molecular weight excluding hydrogens is 226 g/mol. The van der Waals surface area contributed by atoms with Crippen LogP contribution < -0.4 is 5.32 Å². The van der Waals surface area contributed by atoms with Gasteiger partial charge >= 0.3 is 0 Å². The van der Waals surface area contributed by atoms with Crippen molar-refractivity contribution >= 4 is 11.3 Å². The average Bonchev–Trinajstić information content (AvgIpc) is 2.91. The molecule has 3 unspecified atom stereocenters. The van der Waals surface area contributed by atoms with Gasteiger partial charge in [0.1, 0.15) is 0 Å². The van der Waals surface area contributed by atoms with Crippen molar-refractivity contribution in [2.75, 3.05) is 0 Å². The minimum atomic E-state index is 0.509. The summed E-state index contributed by atoms with van der Waals surface area (Å²) >= 11 is 1.86. The maximum atomic E-state index is 3.82. The minimum absolute atomic E-state index is 0.509. The van der Waals surface area contributed by atoms with Crippen LogP contribution in [0.1, 0.15) is 44.9 Å². The lowest BCUT2D eigenvalue weighted by molar-refractivity contribution is 0.120. The monoisotopic (exact) mass is 249 g/mol. The van der Waals surface area contributed by atoms with Gasteiger partial charge in [0.15, 0.2) is 0 Å². The summed E-state index contributed by atoms with van der Waals surface area (Å²) in [5.74, 6) is 0.938. The Balaban J connectivity index is 1.70. The van der Waals surface area contributed by atoms with Crippen LogP contribution >= 0.6 is 11.3 Å². The van der Waals surface area contributed by atoms with E-state index in [1.54, 1.807) is 0 Å². The third kappa shape index (κ3) is 1.61. The lowest BCUT2D eigenvalue weighted by atomic mass is 9.69. The quantitative estimate of drug-likeness (QED) is 0.852. The molecule has 3 rings (SSSR count). The van der Waals surface area contributed by atoms with Gasteiger partial charge in [0.2, 0.25) is 0 Å². The summed E-state index contributed by atoms with van der Waals surface area (Å²) < 4.78 is 0. The van der Waals surface area contributed by atoms with Crippen molar-refractivity contribution in [3.63, 3.8) is 0 Å². The van der Waals surface area contributed by atoms with Crippen molar-refractivity contribution in [1.82, 2.24) is 5.32 Å². The third-order valence-corrected chi connectivity index (χ3v) is 6.77. The highest BCUT2D eigenvalue weighted by Crippen LogP contribution is 2.65. The maximum absolute atomic E-state index is 3.82. The SMILES string of the molecule is CC1(C)C2CCC1(C)C(NCc1cccs1)C2. The number of thiophene rings is 1. The molecule has 0 saturated heterocycles. The zero-order chi connectivity index (χ0) is 12.1. The van der Waals surface area contributed by atoms with Crippen LogP contribution in [0.4, 0.5) is 0 Å². The van der Waals surface area contributed by atoms with E-state index in [1.165, 1.54) is 24.1 Å². The summed E-state index contributed by atoms with van der Waals surface area (Å²) in [6.07, 6.45) is 4.24. The van der Waals surface area contributed by atoms with Crippen molar-refractivity contribution in [1.29, 1.82) is 0 Å². The van der Waals surface area contributed by atoms with Crippen LogP contribution in [0.15, 0.2) is 17.5 Å². The molecule has 0 aliphatic heterocycles. The lowest BCUT2D eigenvalue weighted by Gasteiger charge is -2.39. The Bertz CT molecular complexity index is 395. The Morgan fingerprint density at radius 3 is 2.76 bits per heavy atom. The van der Waals surface area contributed by atoms with Crippen LogP contribution in [0, 0.1) is 16.7 Å². The predicted molar refractivity (Wildman–Crippen MR) is 74.2 cm³/mol. The first-order chi connectivity index (χ1) is 8.04. The fraction of sp³-hybridized carbons (Fsp3) is 0.733. The molecule has 1 N–H and O–H groups in total. The molecule has 17 heavy (non-hydrogen) atoms. The van der Waals surface area contributed by atoms with Gasteiger partial charge in [-0.1, -0.05) is 26.8 Å². The summed E-state index contributed by atoms with van der Waals surface area (Å²) in [5, 5.41) is 5.99. The Hall–Kier alpha value is -0.340. The Morgan fingerprint density at radius 1 is 1.41 bits per heavy atom. The van der Waals surface area contributed by atoms with Crippen molar-refractivity contribution in [3.05, 3.63) is 22.4 Å². The molecule has 2 heteroatoms. The molecule has 2 bridgehead atoms. The molecule has 94 valence electrons. The summed E-state index contributed by atoms with van der Waals surface area (Å²) in [4.78, 5) is 1.47. The Morgan fingerprint density at radius 2 is 2.24 bits per heavy atom. The van der Waals surface area contributed by atoms with Gasteiger partial charge in [0.05, 0.1) is 0 Å².